The van der Waals surface area contributed by atoms with Gasteiger partial charge in [0.1, 0.15) is 11.0 Å². The fourth-order valence-electron chi connectivity index (χ4n) is 1.64. The molecule has 0 bridgehead atoms. The second-order valence-electron chi connectivity index (χ2n) is 3.80. The SMILES string of the molecule is COc1ccc(Nc2cc(N)cc(Cl)n2)cc1OC. The molecule has 6 heteroatoms. The molecule has 0 saturated carbocycles. The predicted molar refractivity (Wildman–Crippen MR) is 76.5 cm³/mol. The Labute approximate surface area is 116 Å². The van der Waals surface area contributed by atoms with Gasteiger partial charge >= 0.3 is 0 Å². The monoisotopic (exact) mass is 279 g/mol. The molecule has 0 saturated heterocycles. The number of hydrogen-bond donors (Lipinski definition) is 2. The summed E-state index contributed by atoms with van der Waals surface area (Å²) in [6.45, 7) is 0. The molecule has 100 valence electrons. The highest BCUT2D eigenvalue weighted by Gasteiger charge is 2.06. The van der Waals surface area contributed by atoms with Crippen molar-refractivity contribution in [2.45, 2.75) is 0 Å². The maximum atomic E-state index is 5.85. The Bertz CT molecular complexity index is 570. The standard InChI is InChI=1S/C13H14ClN3O2/c1-18-10-4-3-9(7-11(10)19-2)16-13-6-8(15)5-12(14)17-13/h3-7H,1-2H3,(H3,15,16,17). The van der Waals surface area contributed by atoms with Gasteiger partial charge in [0, 0.05) is 23.5 Å². The fourth-order valence-corrected chi connectivity index (χ4v) is 1.86. The Balaban J connectivity index is 2.28. The van der Waals surface area contributed by atoms with Gasteiger partial charge in [-0.05, 0) is 18.2 Å². The van der Waals surface area contributed by atoms with E-state index in [2.05, 4.69) is 10.3 Å². The summed E-state index contributed by atoms with van der Waals surface area (Å²) in [7, 11) is 3.17. The second kappa shape index (κ2) is 5.67. The van der Waals surface area contributed by atoms with Crippen LogP contribution < -0.4 is 20.5 Å². The Morgan fingerprint density at radius 3 is 2.47 bits per heavy atom. The zero-order chi connectivity index (χ0) is 13.8. The molecule has 0 amide bonds. The van der Waals surface area contributed by atoms with Crippen LogP contribution in [0.2, 0.25) is 5.15 Å². The van der Waals surface area contributed by atoms with E-state index in [4.69, 9.17) is 26.8 Å². The van der Waals surface area contributed by atoms with E-state index in [1.165, 1.54) is 0 Å². The van der Waals surface area contributed by atoms with Crippen molar-refractivity contribution in [3.8, 4) is 11.5 Å². The molecule has 0 aliphatic rings. The van der Waals surface area contributed by atoms with Gasteiger partial charge in [0.2, 0.25) is 0 Å². The van der Waals surface area contributed by atoms with Gasteiger partial charge in [0.05, 0.1) is 14.2 Å². The molecule has 0 atom stereocenters. The lowest BCUT2D eigenvalue weighted by Crippen LogP contribution is -1.97. The number of hydrogen-bond acceptors (Lipinski definition) is 5. The first-order valence-corrected chi connectivity index (χ1v) is 5.92. The lowest BCUT2D eigenvalue weighted by Gasteiger charge is -2.11. The predicted octanol–water partition coefficient (Wildman–Crippen LogP) is 3.08. The minimum absolute atomic E-state index is 0.336. The van der Waals surface area contributed by atoms with Crippen LogP contribution in [0.25, 0.3) is 0 Å². The van der Waals surface area contributed by atoms with Crippen LogP contribution in [-0.2, 0) is 0 Å². The third kappa shape index (κ3) is 3.20. The first-order valence-electron chi connectivity index (χ1n) is 5.54. The van der Waals surface area contributed by atoms with Gasteiger partial charge in [-0.1, -0.05) is 11.6 Å². The van der Waals surface area contributed by atoms with E-state index < -0.39 is 0 Å². The number of rotatable bonds is 4. The van der Waals surface area contributed by atoms with Gasteiger partial charge in [-0.25, -0.2) is 4.98 Å². The highest BCUT2D eigenvalue weighted by atomic mass is 35.5. The Hall–Kier alpha value is -2.14. The summed E-state index contributed by atoms with van der Waals surface area (Å²) in [6.07, 6.45) is 0. The summed E-state index contributed by atoms with van der Waals surface area (Å²) in [5, 5.41) is 3.44. The van der Waals surface area contributed by atoms with E-state index in [1.807, 2.05) is 6.07 Å². The Kier molecular flexibility index (Phi) is 3.97. The summed E-state index contributed by atoms with van der Waals surface area (Å²) in [5.74, 6) is 1.85. The Morgan fingerprint density at radius 1 is 1.11 bits per heavy atom. The van der Waals surface area contributed by atoms with Gasteiger partial charge in [-0.15, -0.1) is 0 Å². The molecule has 0 spiro atoms. The van der Waals surface area contributed by atoms with Crippen molar-refractivity contribution in [1.82, 2.24) is 4.98 Å². The Morgan fingerprint density at radius 2 is 1.84 bits per heavy atom. The average molecular weight is 280 g/mol. The number of methoxy groups -OCH3 is 2. The van der Waals surface area contributed by atoms with Crippen molar-refractivity contribution in [3.05, 3.63) is 35.5 Å². The number of pyridine rings is 1. The lowest BCUT2D eigenvalue weighted by molar-refractivity contribution is 0.355. The summed E-state index contributed by atoms with van der Waals surface area (Å²) < 4.78 is 10.4. The molecule has 2 rings (SSSR count). The number of anilines is 3. The van der Waals surface area contributed by atoms with Crippen molar-refractivity contribution >= 4 is 28.8 Å². The minimum atomic E-state index is 0.336. The average Bonchev–Trinajstić information content (AvgIpc) is 2.37. The molecular weight excluding hydrogens is 266 g/mol. The maximum absolute atomic E-state index is 5.85. The van der Waals surface area contributed by atoms with Crippen molar-refractivity contribution < 1.29 is 9.47 Å². The molecule has 0 fully saturated rings. The molecule has 19 heavy (non-hydrogen) atoms. The van der Waals surface area contributed by atoms with Crippen LogP contribution in [0.15, 0.2) is 30.3 Å². The molecule has 3 N–H and O–H groups in total. The molecule has 1 heterocycles. The van der Waals surface area contributed by atoms with Crippen LogP contribution in [0.3, 0.4) is 0 Å². The molecule has 0 aliphatic heterocycles. The zero-order valence-electron chi connectivity index (χ0n) is 10.6. The topological polar surface area (TPSA) is 69.4 Å². The number of benzene rings is 1. The summed E-state index contributed by atoms with van der Waals surface area (Å²) >= 11 is 5.85. The summed E-state index contributed by atoms with van der Waals surface area (Å²) in [5.41, 5.74) is 7.05. The summed E-state index contributed by atoms with van der Waals surface area (Å²) in [6, 6.07) is 8.73. The third-order valence-corrected chi connectivity index (χ3v) is 2.67. The van der Waals surface area contributed by atoms with E-state index in [9.17, 15) is 0 Å². The summed E-state index contributed by atoms with van der Waals surface area (Å²) in [4.78, 5) is 4.13. The number of halogens is 1. The molecule has 1 aromatic carbocycles. The van der Waals surface area contributed by atoms with Crippen LogP contribution in [0, 0.1) is 0 Å². The van der Waals surface area contributed by atoms with Crippen molar-refractivity contribution in [2.75, 3.05) is 25.3 Å². The van der Waals surface area contributed by atoms with Crippen molar-refractivity contribution in [3.63, 3.8) is 0 Å². The smallest absolute Gasteiger partial charge is 0.162 e. The van der Waals surface area contributed by atoms with Crippen LogP contribution in [0.5, 0.6) is 11.5 Å². The molecule has 0 aliphatic carbocycles. The van der Waals surface area contributed by atoms with Crippen LogP contribution in [0.1, 0.15) is 0 Å². The van der Waals surface area contributed by atoms with Gasteiger partial charge in [0.25, 0.3) is 0 Å². The maximum Gasteiger partial charge on any atom is 0.162 e. The highest BCUT2D eigenvalue weighted by Crippen LogP contribution is 2.31. The van der Waals surface area contributed by atoms with E-state index in [1.54, 1.807) is 38.5 Å². The van der Waals surface area contributed by atoms with E-state index in [0.29, 0.717) is 28.2 Å². The molecule has 1 aromatic heterocycles. The van der Waals surface area contributed by atoms with Crippen molar-refractivity contribution in [2.24, 2.45) is 0 Å². The zero-order valence-corrected chi connectivity index (χ0v) is 11.4. The number of nitrogen functional groups attached to an aromatic ring is 1. The van der Waals surface area contributed by atoms with Gasteiger partial charge < -0.3 is 20.5 Å². The third-order valence-electron chi connectivity index (χ3n) is 2.47. The van der Waals surface area contributed by atoms with Gasteiger partial charge in [-0.2, -0.15) is 0 Å². The van der Waals surface area contributed by atoms with Gasteiger partial charge in [0.15, 0.2) is 11.5 Å². The molecule has 5 nitrogen and oxygen atoms in total. The highest BCUT2D eigenvalue weighted by molar-refractivity contribution is 6.29. The van der Waals surface area contributed by atoms with Gasteiger partial charge in [-0.3, -0.25) is 0 Å². The second-order valence-corrected chi connectivity index (χ2v) is 4.19. The largest absolute Gasteiger partial charge is 0.493 e. The van der Waals surface area contributed by atoms with E-state index >= 15 is 0 Å². The quantitative estimate of drug-likeness (QED) is 0.842. The first-order chi connectivity index (χ1) is 9.12. The van der Waals surface area contributed by atoms with Crippen LogP contribution in [-0.4, -0.2) is 19.2 Å². The van der Waals surface area contributed by atoms with E-state index in [-0.39, 0.29) is 0 Å². The van der Waals surface area contributed by atoms with Crippen LogP contribution >= 0.6 is 11.6 Å². The first kappa shape index (κ1) is 13.3. The number of aromatic nitrogens is 1. The molecule has 0 unspecified atom stereocenters. The number of nitrogens with one attached hydrogen (secondary N) is 1. The minimum Gasteiger partial charge on any atom is -0.493 e. The number of ether oxygens (including phenoxy) is 2. The van der Waals surface area contributed by atoms with Crippen molar-refractivity contribution in [1.29, 1.82) is 0 Å². The fraction of sp³-hybridized carbons (Fsp3) is 0.154. The molecule has 0 radical (unpaired) electrons. The normalized spacial score (nSPS) is 10.1. The lowest BCUT2D eigenvalue weighted by atomic mass is 10.2. The number of nitrogens with two attached hydrogens (primary N) is 1. The molecular formula is C13H14ClN3O2. The number of nitrogens with zero attached hydrogens (tertiary/aromatic N) is 1. The van der Waals surface area contributed by atoms with E-state index in [0.717, 1.165) is 5.69 Å². The molecule has 2 aromatic rings. The van der Waals surface area contributed by atoms with Crippen LogP contribution in [0.4, 0.5) is 17.2 Å².